The molecule has 2 N–H and O–H groups in total. The number of nitrogens with one attached hydrogen (secondary N) is 2. The van der Waals surface area contributed by atoms with Gasteiger partial charge in [0, 0.05) is 21.8 Å². The molecule has 0 aliphatic heterocycles. The van der Waals surface area contributed by atoms with Gasteiger partial charge < -0.3 is 19.5 Å². The maximum atomic E-state index is 12.1. The van der Waals surface area contributed by atoms with Crippen LogP contribution in [0.2, 0.25) is 5.02 Å². The Labute approximate surface area is 202 Å². The summed E-state index contributed by atoms with van der Waals surface area (Å²) in [6, 6.07) is 19.2. The predicted octanol–water partition coefficient (Wildman–Crippen LogP) is 4.42. The second-order valence-electron chi connectivity index (χ2n) is 7.07. The minimum absolute atomic E-state index is 0.280. The van der Waals surface area contributed by atoms with Crippen LogP contribution in [0.25, 0.3) is 0 Å². The molecule has 0 radical (unpaired) electrons. The van der Waals surface area contributed by atoms with Crippen molar-refractivity contribution in [1.29, 1.82) is 0 Å². The number of hydrazone groups is 1. The number of carbonyl (C=O) groups is 2. The van der Waals surface area contributed by atoms with Crippen molar-refractivity contribution in [2.75, 3.05) is 19.5 Å². The molecule has 0 bridgehead atoms. The number of hydrogen-bond donors (Lipinski definition) is 2. The van der Waals surface area contributed by atoms with Crippen molar-refractivity contribution >= 4 is 34.8 Å². The van der Waals surface area contributed by atoms with Crippen LogP contribution < -0.4 is 25.0 Å². The summed E-state index contributed by atoms with van der Waals surface area (Å²) in [5.74, 6) is -0.0904. The fraction of sp³-hybridized carbons (Fsp3) is 0.160. The summed E-state index contributed by atoms with van der Waals surface area (Å²) in [6.07, 6.45) is 0. The maximum absolute atomic E-state index is 12.1. The molecule has 0 heterocycles. The smallest absolute Gasteiger partial charge is 0.329 e. The third-order valence-corrected chi connectivity index (χ3v) is 5.17. The first-order valence-corrected chi connectivity index (χ1v) is 10.6. The van der Waals surface area contributed by atoms with E-state index in [2.05, 4.69) is 15.8 Å². The van der Waals surface area contributed by atoms with Gasteiger partial charge >= 0.3 is 11.8 Å². The van der Waals surface area contributed by atoms with Gasteiger partial charge in [0.05, 0.1) is 19.9 Å². The van der Waals surface area contributed by atoms with E-state index in [0.717, 1.165) is 5.56 Å². The lowest BCUT2D eigenvalue weighted by molar-refractivity contribution is -0.136. The number of nitrogens with zero attached hydrogens (tertiary/aromatic N) is 1. The van der Waals surface area contributed by atoms with E-state index in [0.29, 0.717) is 39.2 Å². The molecule has 0 aliphatic carbocycles. The fourth-order valence-electron chi connectivity index (χ4n) is 2.89. The van der Waals surface area contributed by atoms with E-state index in [1.807, 2.05) is 18.2 Å². The molecule has 176 valence electrons. The minimum atomic E-state index is -0.901. The lowest BCUT2D eigenvalue weighted by Crippen LogP contribution is -2.32. The fourth-order valence-corrected chi connectivity index (χ4v) is 3.09. The highest BCUT2D eigenvalue weighted by molar-refractivity contribution is 6.39. The van der Waals surface area contributed by atoms with Crippen LogP contribution in [-0.2, 0) is 16.2 Å². The molecule has 0 aromatic heterocycles. The Morgan fingerprint density at radius 3 is 2.32 bits per heavy atom. The van der Waals surface area contributed by atoms with Crippen molar-refractivity contribution in [3.05, 3.63) is 82.9 Å². The van der Waals surface area contributed by atoms with Gasteiger partial charge in [-0.3, -0.25) is 9.59 Å². The van der Waals surface area contributed by atoms with E-state index in [4.69, 9.17) is 25.8 Å². The molecule has 3 aromatic carbocycles. The maximum Gasteiger partial charge on any atom is 0.329 e. The monoisotopic (exact) mass is 481 g/mol. The van der Waals surface area contributed by atoms with E-state index in [1.54, 1.807) is 55.5 Å². The lowest BCUT2D eigenvalue weighted by Gasteiger charge is -2.13. The highest BCUT2D eigenvalue weighted by Gasteiger charge is 2.14. The van der Waals surface area contributed by atoms with E-state index in [1.165, 1.54) is 14.2 Å². The first-order chi connectivity index (χ1) is 16.4. The Morgan fingerprint density at radius 2 is 1.65 bits per heavy atom. The Bertz CT molecular complexity index is 1200. The lowest BCUT2D eigenvalue weighted by atomic mass is 10.1. The van der Waals surface area contributed by atoms with E-state index in [9.17, 15) is 9.59 Å². The number of rotatable bonds is 8. The number of amides is 2. The molecule has 0 fully saturated rings. The van der Waals surface area contributed by atoms with Crippen LogP contribution in [0.4, 0.5) is 5.69 Å². The zero-order valence-corrected chi connectivity index (χ0v) is 19.7. The third-order valence-electron chi connectivity index (χ3n) is 4.80. The zero-order chi connectivity index (χ0) is 24.5. The van der Waals surface area contributed by atoms with Gasteiger partial charge in [-0.1, -0.05) is 29.8 Å². The van der Waals surface area contributed by atoms with Gasteiger partial charge in [0.1, 0.15) is 12.4 Å². The van der Waals surface area contributed by atoms with Crippen LogP contribution in [0, 0.1) is 0 Å². The number of carbonyl (C=O) groups excluding carboxylic acids is 2. The summed E-state index contributed by atoms with van der Waals surface area (Å²) < 4.78 is 16.3. The van der Waals surface area contributed by atoms with Crippen molar-refractivity contribution < 1.29 is 23.8 Å². The predicted molar refractivity (Wildman–Crippen MR) is 131 cm³/mol. The Balaban J connectivity index is 1.61. The molecule has 34 heavy (non-hydrogen) atoms. The number of halogens is 1. The summed E-state index contributed by atoms with van der Waals surface area (Å²) in [4.78, 5) is 24.2. The normalized spacial score (nSPS) is 10.9. The SMILES string of the molecule is COc1ccc(NC(=O)C(=O)N/N=C(\C)c2ccc(OCc3ccccc3Cl)c(OC)c2)cc1. The number of ether oxygens (including phenoxy) is 3. The van der Waals surface area contributed by atoms with Crippen molar-refractivity contribution in [3.8, 4) is 17.2 Å². The van der Waals surface area contributed by atoms with Gasteiger partial charge in [-0.05, 0) is 55.5 Å². The highest BCUT2D eigenvalue weighted by atomic mass is 35.5. The summed E-state index contributed by atoms with van der Waals surface area (Å²) in [6.45, 7) is 1.97. The minimum Gasteiger partial charge on any atom is -0.497 e. The Morgan fingerprint density at radius 1 is 0.912 bits per heavy atom. The van der Waals surface area contributed by atoms with Crippen molar-refractivity contribution in [3.63, 3.8) is 0 Å². The van der Waals surface area contributed by atoms with Crippen LogP contribution in [-0.4, -0.2) is 31.7 Å². The topological polar surface area (TPSA) is 98.2 Å². The first-order valence-electron chi connectivity index (χ1n) is 10.3. The van der Waals surface area contributed by atoms with Crippen LogP contribution >= 0.6 is 11.6 Å². The number of anilines is 1. The molecule has 8 nitrogen and oxygen atoms in total. The molecule has 0 spiro atoms. The first kappa shape index (κ1) is 24.6. The molecular weight excluding hydrogens is 458 g/mol. The molecular formula is C25H24ClN3O5. The second-order valence-corrected chi connectivity index (χ2v) is 7.47. The Hall–Kier alpha value is -4.04. The van der Waals surface area contributed by atoms with Gasteiger partial charge in [-0.15, -0.1) is 0 Å². The summed E-state index contributed by atoms with van der Waals surface area (Å²) >= 11 is 6.18. The van der Waals surface area contributed by atoms with Gasteiger partial charge in [-0.25, -0.2) is 5.43 Å². The van der Waals surface area contributed by atoms with Crippen molar-refractivity contribution in [1.82, 2.24) is 5.43 Å². The second kappa shape index (κ2) is 11.7. The third kappa shape index (κ3) is 6.49. The van der Waals surface area contributed by atoms with Crippen LogP contribution in [0.15, 0.2) is 71.8 Å². The molecule has 0 aliphatic rings. The molecule has 3 rings (SSSR count). The summed E-state index contributed by atoms with van der Waals surface area (Å²) in [5.41, 5.74) is 4.71. The van der Waals surface area contributed by atoms with Crippen LogP contribution in [0.5, 0.6) is 17.2 Å². The summed E-state index contributed by atoms with van der Waals surface area (Å²) in [5, 5.41) is 7.13. The van der Waals surface area contributed by atoms with Gasteiger partial charge in [0.25, 0.3) is 0 Å². The van der Waals surface area contributed by atoms with Crippen LogP contribution in [0.1, 0.15) is 18.1 Å². The largest absolute Gasteiger partial charge is 0.497 e. The van der Waals surface area contributed by atoms with E-state index in [-0.39, 0.29) is 6.61 Å². The Kier molecular flexibility index (Phi) is 8.48. The van der Waals surface area contributed by atoms with Crippen molar-refractivity contribution in [2.24, 2.45) is 5.10 Å². The van der Waals surface area contributed by atoms with Gasteiger partial charge in [0.15, 0.2) is 11.5 Å². The zero-order valence-electron chi connectivity index (χ0n) is 18.9. The average molecular weight is 482 g/mol. The molecule has 0 saturated heterocycles. The van der Waals surface area contributed by atoms with Crippen molar-refractivity contribution in [2.45, 2.75) is 13.5 Å². The van der Waals surface area contributed by atoms with E-state index < -0.39 is 11.8 Å². The van der Waals surface area contributed by atoms with Gasteiger partial charge in [-0.2, -0.15) is 5.10 Å². The quantitative estimate of drug-likeness (QED) is 0.282. The molecule has 0 atom stereocenters. The highest BCUT2D eigenvalue weighted by Crippen LogP contribution is 2.30. The van der Waals surface area contributed by atoms with E-state index >= 15 is 0 Å². The molecule has 3 aromatic rings. The number of methoxy groups -OCH3 is 2. The standard InChI is InChI=1S/C25H24ClN3O5/c1-16(28-29-25(31)24(30)27-19-9-11-20(32-2)12-10-19)17-8-13-22(23(14-17)33-3)34-15-18-6-4-5-7-21(18)26/h4-14H,15H2,1-3H3,(H,27,30)(H,29,31)/b28-16+. The molecule has 2 amide bonds. The average Bonchev–Trinajstić information content (AvgIpc) is 2.86. The number of hydrogen-bond acceptors (Lipinski definition) is 6. The molecule has 0 saturated carbocycles. The van der Waals surface area contributed by atoms with Gasteiger partial charge in [0.2, 0.25) is 0 Å². The van der Waals surface area contributed by atoms with Crippen LogP contribution in [0.3, 0.4) is 0 Å². The number of benzene rings is 3. The molecule has 0 unspecified atom stereocenters. The summed E-state index contributed by atoms with van der Waals surface area (Å²) in [7, 11) is 3.07. The molecule has 9 heteroatoms.